The number of amides is 1. The number of rotatable bonds is 7. The van der Waals surface area contributed by atoms with E-state index in [1.807, 2.05) is 36.4 Å². The van der Waals surface area contributed by atoms with Crippen LogP contribution in [-0.2, 0) is 11.3 Å². The van der Waals surface area contributed by atoms with Crippen LogP contribution in [0.25, 0.3) is 10.9 Å². The number of nitrogens with two attached hydrogens (primary N) is 1. The number of benzene rings is 3. The second-order valence-electron chi connectivity index (χ2n) is 11.0. The third kappa shape index (κ3) is 6.33. The molecule has 7 nitrogen and oxygen atoms in total. The largest absolute Gasteiger partial charge is 0.369 e. The molecule has 3 heterocycles. The fourth-order valence-electron chi connectivity index (χ4n) is 6.08. The van der Waals surface area contributed by atoms with Crippen molar-refractivity contribution in [3.8, 4) is 0 Å². The standard InChI is InChI=1S/C32H34Cl2N6O/c33-25-9-5-22(6-10-25)30(23-7-11-26(34)12-8-23)39-19-17-38(18-20-39)21-29-36-28-4-2-1-3-27(28)32(37-29)40-15-13-24(14-16-40)31(35)41/h1-12,24,30H,13-21H2,(H2,35,41). The minimum atomic E-state index is -0.202. The molecule has 2 aliphatic rings. The predicted molar refractivity (Wildman–Crippen MR) is 165 cm³/mol. The monoisotopic (exact) mass is 588 g/mol. The molecule has 212 valence electrons. The number of primary amides is 1. The van der Waals surface area contributed by atoms with Crippen molar-refractivity contribution in [2.75, 3.05) is 44.2 Å². The van der Waals surface area contributed by atoms with E-state index in [0.717, 1.165) is 84.7 Å². The summed E-state index contributed by atoms with van der Waals surface area (Å²) in [6.45, 7) is 5.87. The quantitative estimate of drug-likeness (QED) is 0.305. The summed E-state index contributed by atoms with van der Waals surface area (Å²) < 4.78 is 0. The van der Waals surface area contributed by atoms with Gasteiger partial charge in [0, 0.05) is 60.6 Å². The van der Waals surface area contributed by atoms with Crippen LogP contribution in [0, 0.1) is 5.92 Å². The van der Waals surface area contributed by atoms with Gasteiger partial charge in [-0.15, -0.1) is 0 Å². The van der Waals surface area contributed by atoms with E-state index >= 15 is 0 Å². The molecule has 0 atom stereocenters. The summed E-state index contributed by atoms with van der Waals surface area (Å²) in [6, 6.07) is 24.6. The number of piperazine rings is 1. The molecule has 0 spiro atoms. The van der Waals surface area contributed by atoms with Gasteiger partial charge < -0.3 is 10.6 Å². The van der Waals surface area contributed by atoms with Crippen LogP contribution in [0.4, 0.5) is 5.82 Å². The third-order valence-electron chi connectivity index (χ3n) is 8.33. The topological polar surface area (TPSA) is 78.6 Å². The van der Waals surface area contributed by atoms with Crippen LogP contribution in [0.1, 0.15) is 35.8 Å². The van der Waals surface area contributed by atoms with E-state index in [9.17, 15) is 4.79 Å². The van der Waals surface area contributed by atoms with E-state index < -0.39 is 0 Å². The number of hydrogen-bond donors (Lipinski definition) is 1. The van der Waals surface area contributed by atoms with Crippen LogP contribution in [-0.4, -0.2) is 64.9 Å². The molecule has 41 heavy (non-hydrogen) atoms. The smallest absolute Gasteiger partial charge is 0.220 e. The Kier molecular flexibility index (Phi) is 8.40. The van der Waals surface area contributed by atoms with Gasteiger partial charge >= 0.3 is 0 Å². The minimum absolute atomic E-state index is 0.0558. The Bertz CT molecular complexity index is 1450. The zero-order chi connectivity index (χ0) is 28.3. The summed E-state index contributed by atoms with van der Waals surface area (Å²) in [6.07, 6.45) is 1.51. The molecule has 2 fully saturated rings. The summed E-state index contributed by atoms with van der Waals surface area (Å²) in [4.78, 5) is 29.0. The highest BCUT2D eigenvalue weighted by molar-refractivity contribution is 6.30. The number of nitrogens with zero attached hydrogens (tertiary/aromatic N) is 5. The van der Waals surface area contributed by atoms with E-state index in [2.05, 4.69) is 51.1 Å². The van der Waals surface area contributed by atoms with Crippen LogP contribution in [0.5, 0.6) is 0 Å². The average Bonchev–Trinajstić information content (AvgIpc) is 3.00. The van der Waals surface area contributed by atoms with E-state index in [1.54, 1.807) is 0 Å². The molecule has 1 aromatic heterocycles. The van der Waals surface area contributed by atoms with Crippen molar-refractivity contribution in [2.45, 2.75) is 25.4 Å². The van der Waals surface area contributed by atoms with Crippen molar-refractivity contribution >= 4 is 45.8 Å². The first-order chi connectivity index (χ1) is 19.9. The Morgan fingerprint density at radius 2 is 1.39 bits per heavy atom. The molecule has 6 rings (SSSR count). The fraction of sp³-hybridized carbons (Fsp3) is 0.344. The van der Waals surface area contributed by atoms with Crippen molar-refractivity contribution in [1.82, 2.24) is 19.8 Å². The zero-order valence-corrected chi connectivity index (χ0v) is 24.4. The summed E-state index contributed by atoms with van der Waals surface area (Å²) >= 11 is 12.4. The summed E-state index contributed by atoms with van der Waals surface area (Å²) in [5.74, 6) is 1.53. The number of anilines is 1. The summed E-state index contributed by atoms with van der Waals surface area (Å²) in [7, 11) is 0. The van der Waals surface area contributed by atoms with E-state index in [0.29, 0.717) is 6.54 Å². The molecule has 0 aliphatic carbocycles. The maximum atomic E-state index is 11.7. The highest BCUT2D eigenvalue weighted by atomic mass is 35.5. The number of hydrogen-bond acceptors (Lipinski definition) is 6. The lowest BCUT2D eigenvalue weighted by atomic mass is 9.96. The molecule has 2 N–H and O–H groups in total. The van der Waals surface area contributed by atoms with E-state index in [1.165, 1.54) is 11.1 Å². The summed E-state index contributed by atoms with van der Waals surface area (Å²) in [5.41, 5.74) is 8.96. The second-order valence-corrected chi connectivity index (χ2v) is 11.8. The number of para-hydroxylation sites is 1. The SMILES string of the molecule is NC(=O)C1CCN(c2nc(CN3CCN(C(c4ccc(Cl)cc4)c4ccc(Cl)cc4)CC3)nc3ccccc23)CC1. The van der Waals surface area contributed by atoms with Gasteiger partial charge in [-0.25, -0.2) is 9.97 Å². The van der Waals surface area contributed by atoms with Gasteiger partial charge in [-0.3, -0.25) is 14.6 Å². The van der Waals surface area contributed by atoms with Crippen LogP contribution in [0.3, 0.4) is 0 Å². The fourth-order valence-corrected chi connectivity index (χ4v) is 6.33. The first kappa shape index (κ1) is 27.9. The van der Waals surface area contributed by atoms with E-state index in [-0.39, 0.29) is 17.9 Å². The Balaban J connectivity index is 1.18. The van der Waals surface area contributed by atoms with Gasteiger partial charge in [0.05, 0.1) is 18.1 Å². The van der Waals surface area contributed by atoms with Gasteiger partial charge in [0.25, 0.3) is 0 Å². The normalized spacial score (nSPS) is 17.4. The van der Waals surface area contributed by atoms with Crippen molar-refractivity contribution in [2.24, 2.45) is 11.7 Å². The van der Waals surface area contributed by atoms with Crippen LogP contribution in [0.2, 0.25) is 10.0 Å². The lowest BCUT2D eigenvalue weighted by Crippen LogP contribution is -2.47. The molecule has 4 aromatic rings. The van der Waals surface area contributed by atoms with E-state index in [4.69, 9.17) is 38.9 Å². The molecule has 0 bridgehead atoms. The molecule has 0 radical (unpaired) electrons. The number of fused-ring (bicyclic) bond motifs is 1. The van der Waals surface area contributed by atoms with Gasteiger partial charge in [0.15, 0.2) is 0 Å². The lowest BCUT2D eigenvalue weighted by Gasteiger charge is -2.39. The van der Waals surface area contributed by atoms with Crippen molar-refractivity contribution in [1.29, 1.82) is 0 Å². The molecule has 2 saturated heterocycles. The zero-order valence-electron chi connectivity index (χ0n) is 22.9. The van der Waals surface area contributed by atoms with Crippen LogP contribution in [0.15, 0.2) is 72.8 Å². The number of halogens is 2. The first-order valence-electron chi connectivity index (χ1n) is 14.2. The highest BCUT2D eigenvalue weighted by Gasteiger charge is 2.28. The van der Waals surface area contributed by atoms with Crippen LogP contribution >= 0.6 is 23.2 Å². The molecule has 0 saturated carbocycles. The van der Waals surface area contributed by atoms with Gasteiger partial charge in [-0.1, -0.05) is 59.6 Å². The van der Waals surface area contributed by atoms with Gasteiger partial charge in [-0.05, 0) is 60.4 Å². The Morgan fingerprint density at radius 3 is 1.98 bits per heavy atom. The average molecular weight is 590 g/mol. The number of aromatic nitrogens is 2. The van der Waals surface area contributed by atoms with Crippen molar-refractivity contribution in [3.05, 3.63) is 99.8 Å². The Hall–Kier alpha value is -3.23. The summed E-state index contributed by atoms with van der Waals surface area (Å²) in [5, 5.41) is 2.52. The molecular weight excluding hydrogens is 555 g/mol. The molecule has 0 unspecified atom stereocenters. The number of carbonyl (C=O) groups is 1. The van der Waals surface area contributed by atoms with Gasteiger partial charge in [-0.2, -0.15) is 0 Å². The van der Waals surface area contributed by atoms with Gasteiger partial charge in [0.2, 0.25) is 5.91 Å². The van der Waals surface area contributed by atoms with Crippen molar-refractivity contribution < 1.29 is 4.79 Å². The molecular formula is C32H34Cl2N6O. The predicted octanol–water partition coefficient (Wildman–Crippen LogP) is 5.55. The third-order valence-corrected chi connectivity index (χ3v) is 8.84. The maximum Gasteiger partial charge on any atom is 0.220 e. The molecule has 2 aliphatic heterocycles. The Morgan fingerprint density at radius 1 is 0.805 bits per heavy atom. The first-order valence-corrected chi connectivity index (χ1v) is 15.0. The highest BCUT2D eigenvalue weighted by Crippen LogP contribution is 2.32. The lowest BCUT2D eigenvalue weighted by molar-refractivity contribution is -0.122. The Labute approximate surface area is 250 Å². The van der Waals surface area contributed by atoms with Crippen LogP contribution < -0.4 is 10.6 Å². The molecule has 1 amide bonds. The number of piperidine rings is 1. The van der Waals surface area contributed by atoms with Gasteiger partial charge in [0.1, 0.15) is 11.6 Å². The number of carbonyl (C=O) groups excluding carboxylic acids is 1. The minimum Gasteiger partial charge on any atom is -0.369 e. The molecule has 9 heteroatoms. The maximum absolute atomic E-state index is 11.7. The van der Waals surface area contributed by atoms with Crippen molar-refractivity contribution in [3.63, 3.8) is 0 Å². The molecule has 3 aromatic carbocycles. The second kappa shape index (κ2) is 12.3.